The predicted molar refractivity (Wildman–Crippen MR) is 121 cm³/mol. The molecule has 0 radical (unpaired) electrons. The van der Waals surface area contributed by atoms with Crippen LogP contribution in [0.4, 0.5) is 0 Å². The lowest BCUT2D eigenvalue weighted by Crippen LogP contribution is -2.48. The van der Waals surface area contributed by atoms with E-state index >= 15 is 0 Å². The first-order valence-corrected chi connectivity index (χ1v) is 10.3. The van der Waals surface area contributed by atoms with Gasteiger partial charge in [0.25, 0.3) is 11.8 Å². The number of hydrogen-bond acceptors (Lipinski definition) is 3. The molecule has 0 aliphatic carbocycles. The molecule has 0 saturated heterocycles. The monoisotopic (exact) mass is 424 g/mol. The number of aryl methyl sites for hydroxylation is 1. The lowest BCUT2D eigenvalue weighted by Gasteiger charge is -2.20. The van der Waals surface area contributed by atoms with Gasteiger partial charge in [-0.25, -0.2) is 5.43 Å². The van der Waals surface area contributed by atoms with Crippen molar-refractivity contribution in [1.82, 2.24) is 15.3 Å². The lowest BCUT2D eigenvalue weighted by molar-refractivity contribution is -0.123. The Morgan fingerprint density at radius 2 is 1.93 bits per heavy atom. The molecule has 0 spiro atoms. The number of carbonyl (C=O) groups is 2. The summed E-state index contributed by atoms with van der Waals surface area (Å²) in [6, 6.07) is 13.9. The maximum Gasteiger partial charge on any atom is 0.262 e. The molecule has 2 N–H and O–H groups in total. The molecule has 156 valence electrons. The zero-order valence-electron chi connectivity index (χ0n) is 17.2. The highest BCUT2D eigenvalue weighted by Crippen LogP contribution is 2.19. The van der Waals surface area contributed by atoms with E-state index in [0.29, 0.717) is 10.6 Å². The van der Waals surface area contributed by atoms with E-state index in [0.717, 1.165) is 23.0 Å². The fraction of sp³-hybridized carbons (Fsp3) is 0.261. The largest absolute Gasteiger partial charge is 0.347 e. The van der Waals surface area contributed by atoms with Crippen molar-refractivity contribution < 1.29 is 9.59 Å². The van der Waals surface area contributed by atoms with Crippen LogP contribution in [0.1, 0.15) is 36.7 Å². The molecule has 30 heavy (non-hydrogen) atoms. The van der Waals surface area contributed by atoms with Gasteiger partial charge in [-0.2, -0.15) is 5.10 Å². The molecule has 0 saturated carbocycles. The average molecular weight is 425 g/mol. The van der Waals surface area contributed by atoms with Crippen molar-refractivity contribution >= 4 is 40.5 Å². The van der Waals surface area contributed by atoms with Gasteiger partial charge in [-0.3, -0.25) is 9.59 Å². The van der Waals surface area contributed by atoms with E-state index in [1.807, 2.05) is 38.2 Å². The zero-order chi connectivity index (χ0) is 21.7. The third-order valence-electron chi connectivity index (χ3n) is 4.86. The molecule has 2 aromatic carbocycles. The number of aromatic nitrogens is 1. The number of hydrazone groups is 1. The molecule has 6 nitrogen and oxygen atoms in total. The van der Waals surface area contributed by atoms with E-state index in [9.17, 15) is 9.59 Å². The minimum atomic E-state index is -0.731. The maximum atomic E-state index is 12.7. The van der Waals surface area contributed by atoms with E-state index in [2.05, 4.69) is 33.4 Å². The second-order valence-electron chi connectivity index (χ2n) is 7.33. The van der Waals surface area contributed by atoms with Crippen LogP contribution in [0.25, 0.3) is 10.9 Å². The Hall–Kier alpha value is -3.12. The summed E-state index contributed by atoms with van der Waals surface area (Å²) in [5, 5.41) is 8.41. The van der Waals surface area contributed by atoms with Crippen LogP contribution in [-0.4, -0.2) is 28.6 Å². The number of amides is 2. The molecular weight excluding hydrogens is 400 g/mol. The van der Waals surface area contributed by atoms with E-state index in [4.69, 9.17) is 11.6 Å². The SMILES string of the molecule is CCn1cc(C=NNC(=O)C(NC(=O)c2cccc(Cl)c2)C(C)C)c2ccccc21. The molecule has 2 amide bonds. The minimum Gasteiger partial charge on any atom is -0.347 e. The quantitative estimate of drug-likeness (QED) is 0.440. The average Bonchev–Trinajstić information content (AvgIpc) is 3.09. The molecule has 0 aliphatic heterocycles. The Balaban J connectivity index is 1.71. The Bertz CT molecular complexity index is 1090. The molecule has 3 aromatic rings. The number of halogens is 1. The first-order chi connectivity index (χ1) is 14.4. The summed E-state index contributed by atoms with van der Waals surface area (Å²) in [6.45, 7) is 6.64. The topological polar surface area (TPSA) is 75.5 Å². The standard InChI is InChI=1S/C23H25ClN4O2/c1-4-28-14-17(19-10-5-6-11-20(19)28)13-25-27-23(30)21(15(2)3)26-22(29)16-8-7-9-18(24)12-16/h5-15,21H,4H2,1-3H3,(H,26,29)(H,27,30). The first-order valence-electron chi connectivity index (χ1n) is 9.88. The molecule has 1 aromatic heterocycles. The second kappa shape index (κ2) is 9.59. The number of hydrogen-bond donors (Lipinski definition) is 2. The van der Waals surface area contributed by atoms with Crippen LogP contribution in [0.2, 0.25) is 5.02 Å². The fourth-order valence-corrected chi connectivity index (χ4v) is 3.45. The minimum absolute atomic E-state index is 0.120. The van der Waals surface area contributed by atoms with Gasteiger partial charge >= 0.3 is 0 Å². The van der Waals surface area contributed by atoms with Gasteiger partial charge in [0.1, 0.15) is 6.04 Å². The van der Waals surface area contributed by atoms with Crippen LogP contribution in [0.5, 0.6) is 0 Å². The van der Waals surface area contributed by atoms with Crippen molar-refractivity contribution in [3.8, 4) is 0 Å². The van der Waals surface area contributed by atoms with Gasteiger partial charge in [0.2, 0.25) is 0 Å². The number of nitrogens with one attached hydrogen (secondary N) is 2. The normalized spacial score (nSPS) is 12.4. The third-order valence-corrected chi connectivity index (χ3v) is 5.10. The van der Waals surface area contributed by atoms with Crippen molar-refractivity contribution in [2.75, 3.05) is 0 Å². The number of para-hydroxylation sites is 1. The lowest BCUT2D eigenvalue weighted by atomic mass is 10.0. The fourth-order valence-electron chi connectivity index (χ4n) is 3.26. The zero-order valence-corrected chi connectivity index (χ0v) is 18.0. The Labute approximate surface area is 180 Å². The molecule has 0 bridgehead atoms. The predicted octanol–water partition coefficient (Wildman–Crippen LogP) is 4.22. The van der Waals surface area contributed by atoms with E-state index in [-0.39, 0.29) is 17.7 Å². The molecule has 1 heterocycles. The second-order valence-corrected chi connectivity index (χ2v) is 7.76. The van der Waals surface area contributed by atoms with E-state index in [1.165, 1.54) is 0 Å². The van der Waals surface area contributed by atoms with Crippen LogP contribution in [0, 0.1) is 5.92 Å². The van der Waals surface area contributed by atoms with Crippen molar-refractivity contribution in [3.05, 3.63) is 70.9 Å². The van der Waals surface area contributed by atoms with Gasteiger partial charge in [-0.05, 0) is 37.1 Å². The molecule has 1 atom stereocenters. The van der Waals surface area contributed by atoms with Crippen LogP contribution in [-0.2, 0) is 11.3 Å². The third kappa shape index (κ3) is 4.89. The Kier molecular flexibility index (Phi) is 6.90. The first kappa shape index (κ1) is 21.6. The number of nitrogens with zero attached hydrogens (tertiary/aromatic N) is 2. The van der Waals surface area contributed by atoms with E-state index in [1.54, 1.807) is 30.5 Å². The van der Waals surface area contributed by atoms with Crippen molar-refractivity contribution in [1.29, 1.82) is 0 Å². The summed E-state index contributed by atoms with van der Waals surface area (Å²) < 4.78 is 2.13. The number of rotatable bonds is 7. The summed E-state index contributed by atoms with van der Waals surface area (Å²) in [5.41, 5.74) is 4.98. The summed E-state index contributed by atoms with van der Waals surface area (Å²) in [5.74, 6) is -0.859. The van der Waals surface area contributed by atoms with Gasteiger partial charge in [0, 0.05) is 39.8 Å². The summed E-state index contributed by atoms with van der Waals surface area (Å²) in [7, 11) is 0. The van der Waals surface area contributed by atoms with Crippen molar-refractivity contribution in [3.63, 3.8) is 0 Å². The Morgan fingerprint density at radius 1 is 1.17 bits per heavy atom. The van der Waals surface area contributed by atoms with E-state index < -0.39 is 6.04 Å². The van der Waals surface area contributed by atoms with Gasteiger partial charge in [-0.15, -0.1) is 0 Å². The smallest absolute Gasteiger partial charge is 0.262 e. The van der Waals surface area contributed by atoms with Gasteiger partial charge in [0.05, 0.1) is 6.21 Å². The molecule has 0 fully saturated rings. The van der Waals surface area contributed by atoms with Crippen LogP contribution < -0.4 is 10.7 Å². The van der Waals surface area contributed by atoms with Crippen molar-refractivity contribution in [2.24, 2.45) is 11.0 Å². The highest BCUT2D eigenvalue weighted by Gasteiger charge is 2.24. The molecule has 3 rings (SSSR count). The maximum absolute atomic E-state index is 12.7. The highest BCUT2D eigenvalue weighted by atomic mass is 35.5. The summed E-state index contributed by atoms with van der Waals surface area (Å²) in [6.07, 6.45) is 3.63. The van der Waals surface area contributed by atoms with Crippen LogP contribution >= 0.6 is 11.6 Å². The van der Waals surface area contributed by atoms with Crippen molar-refractivity contribution in [2.45, 2.75) is 33.4 Å². The number of benzene rings is 2. The van der Waals surface area contributed by atoms with Crippen LogP contribution in [0.3, 0.4) is 0 Å². The number of fused-ring (bicyclic) bond motifs is 1. The molecular formula is C23H25ClN4O2. The molecule has 0 aliphatic rings. The number of carbonyl (C=O) groups excluding carboxylic acids is 2. The van der Waals surface area contributed by atoms with Gasteiger partial charge in [0.15, 0.2) is 0 Å². The summed E-state index contributed by atoms with van der Waals surface area (Å²) >= 11 is 5.95. The van der Waals surface area contributed by atoms with Gasteiger partial charge < -0.3 is 9.88 Å². The van der Waals surface area contributed by atoms with Crippen LogP contribution in [0.15, 0.2) is 59.8 Å². The van der Waals surface area contributed by atoms with Gasteiger partial charge in [-0.1, -0.05) is 49.7 Å². The molecule has 7 heteroatoms. The summed E-state index contributed by atoms with van der Waals surface area (Å²) in [4.78, 5) is 25.2. The Morgan fingerprint density at radius 3 is 2.63 bits per heavy atom. The highest BCUT2D eigenvalue weighted by molar-refractivity contribution is 6.31. The molecule has 1 unspecified atom stereocenters.